The van der Waals surface area contributed by atoms with Crippen molar-refractivity contribution >= 4 is 0 Å². The van der Waals surface area contributed by atoms with Gasteiger partial charge in [0.15, 0.2) is 0 Å². The molecular weight excluding hydrogens is 417 g/mol. The van der Waals surface area contributed by atoms with Crippen LogP contribution in [0.2, 0.25) is 0 Å². The van der Waals surface area contributed by atoms with Crippen LogP contribution < -0.4 is 9.41 Å². The second-order valence-corrected chi connectivity index (χ2v) is 8.00. The number of rotatable bonds is 4. The van der Waals surface area contributed by atoms with Crippen LogP contribution in [0, 0.1) is 11.8 Å². The Morgan fingerprint density at radius 1 is 0.519 bits per heavy atom. The molecule has 2 saturated carbocycles. The molecule has 2 aromatic rings. The van der Waals surface area contributed by atoms with E-state index in [1.54, 1.807) is 11.1 Å². The molecule has 2 aliphatic rings. The van der Waals surface area contributed by atoms with Crippen LogP contribution >= 0.6 is 0 Å². The summed E-state index contributed by atoms with van der Waals surface area (Å²) in [4.78, 5) is 0. The third kappa shape index (κ3) is 9.97. The third-order valence-corrected chi connectivity index (χ3v) is 5.96. The van der Waals surface area contributed by atoms with Crippen LogP contribution in [0.15, 0.2) is 48.5 Å². The van der Waals surface area contributed by atoms with Gasteiger partial charge in [-0.2, -0.15) is 35.4 Å². The van der Waals surface area contributed by atoms with Crippen LogP contribution in [-0.2, 0) is 39.0 Å². The molecule has 2 aliphatic carbocycles. The molecule has 0 atom stereocenters. The molecule has 27 heavy (non-hydrogen) atoms. The Labute approximate surface area is 183 Å². The third-order valence-electron chi connectivity index (χ3n) is 5.96. The van der Waals surface area contributed by atoms with Crippen molar-refractivity contribution in [2.45, 2.75) is 77.0 Å². The number of halogens is 2. The molecule has 0 saturated heterocycles. The van der Waals surface area contributed by atoms with Crippen molar-refractivity contribution in [2.75, 3.05) is 0 Å². The van der Waals surface area contributed by atoms with Gasteiger partial charge in [0.25, 0.3) is 0 Å². The fourth-order valence-corrected chi connectivity index (χ4v) is 4.55. The minimum atomic E-state index is 0. The van der Waals surface area contributed by atoms with Gasteiger partial charge >= 0.3 is 26.2 Å². The largest absolute Gasteiger partial charge is 4.00 e. The average Bonchev–Trinajstić information content (AvgIpc) is 3.32. The summed E-state index contributed by atoms with van der Waals surface area (Å²) in [6, 6.07) is 17.6. The first-order chi connectivity index (χ1) is 11.9. The van der Waals surface area contributed by atoms with Crippen molar-refractivity contribution in [1.82, 2.24) is 0 Å². The molecule has 0 aliphatic heterocycles. The van der Waals surface area contributed by atoms with Crippen molar-refractivity contribution in [2.24, 2.45) is 11.8 Å². The molecule has 0 nitrogen and oxygen atoms in total. The average molecular weight is 452 g/mol. The van der Waals surface area contributed by atoms with E-state index >= 15 is 0 Å². The van der Waals surface area contributed by atoms with Crippen molar-refractivity contribution in [3.63, 3.8) is 0 Å². The van der Waals surface area contributed by atoms with E-state index in [0.717, 1.165) is 11.8 Å². The smallest absolute Gasteiger partial charge is 1.00 e. The van der Waals surface area contributed by atoms with Gasteiger partial charge in [-0.1, -0.05) is 77.0 Å². The minimum Gasteiger partial charge on any atom is -1.00 e. The fraction of sp³-hybridized carbons (Fsp3) is 0.583. The Hall–Kier alpha value is -0.557. The Kier molecular flexibility index (Phi) is 15.1. The van der Waals surface area contributed by atoms with E-state index in [4.69, 9.17) is 0 Å². The summed E-state index contributed by atoms with van der Waals surface area (Å²) in [6.45, 7) is 0. The van der Waals surface area contributed by atoms with Crippen molar-refractivity contribution in [3.05, 3.63) is 59.7 Å². The van der Waals surface area contributed by atoms with Crippen LogP contribution in [-0.4, -0.2) is 0 Å². The van der Waals surface area contributed by atoms with Crippen LogP contribution in [0.1, 0.15) is 75.3 Å². The summed E-state index contributed by atoms with van der Waals surface area (Å²) >= 11 is 0. The van der Waals surface area contributed by atoms with Crippen LogP contribution in [0.5, 0.6) is 0 Å². The quantitative estimate of drug-likeness (QED) is 0.610. The molecule has 2 aromatic carbocycles. The second kappa shape index (κ2) is 15.4. The molecule has 0 amide bonds. The van der Waals surface area contributed by atoms with Gasteiger partial charge in [-0.25, -0.2) is 24.3 Å². The molecule has 0 unspecified atom stereocenters. The summed E-state index contributed by atoms with van der Waals surface area (Å²) in [5, 5.41) is 0. The monoisotopic (exact) mass is 450 g/mol. The second-order valence-electron chi connectivity index (χ2n) is 8.00. The molecule has 0 radical (unpaired) electrons. The maximum Gasteiger partial charge on any atom is 4.00 e. The first-order valence-electron chi connectivity index (χ1n) is 10.3. The Balaban J connectivity index is 0.000000451. The Bertz CT molecular complexity index is 470. The zero-order chi connectivity index (χ0) is 16.5. The molecule has 0 heterocycles. The van der Waals surface area contributed by atoms with Gasteiger partial charge in [0.1, 0.15) is 0 Å². The summed E-state index contributed by atoms with van der Waals surface area (Å²) in [6.07, 6.45) is 17.3. The van der Waals surface area contributed by atoms with Gasteiger partial charge in [0.2, 0.25) is 0 Å². The van der Waals surface area contributed by atoms with Crippen LogP contribution in [0.4, 0.5) is 0 Å². The van der Waals surface area contributed by atoms with Gasteiger partial charge in [-0.3, -0.25) is 0 Å². The standard InChI is InChI=1S/2C12H17.2FH.Zr/c2*1-2-6-11(7-3-1)10-12-8-4-5-9-12;;;/h2*4-5,8-9,11H,1-3,6-7,10H2;2*1H;/q2*-1;;;+4/p-2. The molecule has 148 valence electrons. The molecule has 2 fully saturated rings. The van der Waals surface area contributed by atoms with Crippen molar-refractivity contribution < 1.29 is 35.6 Å². The van der Waals surface area contributed by atoms with E-state index in [0.29, 0.717) is 0 Å². The summed E-state index contributed by atoms with van der Waals surface area (Å²) in [5.41, 5.74) is 3.09. The van der Waals surface area contributed by atoms with Crippen LogP contribution in [0.25, 0.3) is 0 Å². The summed E-state index contributed by atoms with van der Waals surface area (Å²) in [7, 11) is 0. The number of hydrogen-bond acceptors (Lipinski definition) is 0. The maximum absolute atomic E-state index is 2.26. The zero-order valence-electron chi connectivity index (χ0n) is 16.5. The zero-order valence-corrected chi connectivity index (χ0v) is 19.0. The predicted molar refractivity (Wildman–Crippen MR) is 105 cm³/mol. The molecule has 3 heteroatoms. The SMILES string of the molecule is [F-].[F-].[Zr+4].c1cc[c-](CC2CCCCC2)c1.c1cc[c-](CC2CCCCC2)c1. The Morgan fingerprint density at radius 2 is 0.815 bits per heavy atom. The van der Waals surface area contributed by atoms with Gasteiger partial charge in [-0.05, 0) is 11.8 Å². The first-order valence-corrected chi connectivity index (χ1v) is 10.3. The number of hydrogen-bond donors (Lipinski definition) is 0. The van der Waals surface area contributed by atoms with E-state index in [-0.39, 0.29) is 35.6 Å². The van der Waals surface area contributed by atoms with E-state index in [9.17, 15) is 0 Å². The van der Waals surface area contributed by atoms with E-state index in [1.807, 2.05) is 0 Å². The molecular formula is C24H34F2Zr. The molecule has 4 rings (SSSR count). The predicted octanol–water partition coefficient (Wildman–Crippen LogP) is 1.06. The van der Waals surface area contributed by atoms with Gasteiger partial charge < -0.3 is 9.41 Å². The minimum absolute atomic E-state index is 0. The van der Waals surface area contributed by atoms with Crippen LogP contribution in [0.3, 0.4) is 0 Å². The van der Waals surface area contributed by atoms with E-state index in [1.165, 1.54) is 77.0 Å². The molecule has 0 aromatic heterocycles. The topological polar surface area (TPSA) is 0 Å². The first kappa shape index (κ1) is 26.4. The van der Waals surface area contributed by atoms with Gasteiger partial charge in [0.05, 0.1) is 0 Å². The van der Waals surface area contributed by atoms with Crippen molar-refractivity contribution in [3.8, 4) is 0 Å². The fourth-order valence-electron chi connectivity index (χ4n) is 4.55. The molecule has 0 bridgehead atoms. The van der Waals surface area contributed by atoms with Gasteiger partial charge in [0, 0.05) is 0 Å². The van der Waals surface area contributed by atoms with E-state index < -0.39 is 0 Å². The molecule has 0 N–H and O–H groups in total. The Morgan fingerprint density at radius 3 is 1.11 bits per heavy atom. The van der Waals surface area contributed by atoms with Crippen molar-refractivity contribution in [1.29, 1.82) is 0 Å². The summed E-state index contributed by atoms with van der Waals surface area (Å²) < 4.78 is 0. The summed E-state index contributed by atoms with van der Waals surface area (Å²) in [5.74, 6) is 1.97. The normalized spacial score (nSPS) is 17.5. The maximum atomic E-state index is 2.26. The van der Waals surface area contributed by atoms with Gasteiger partial charge in [-0.15, -0.1) is 0 Å². The van der Waals surface area contributed by atoms with E-state index in [2.05, 4.69) is 48.5 Å². The molecule has 0 spiro atoms.